The van der Waals surface area contributed by atoms with E-state index in [0.717, 1.165) is 34.9 Å². The molecule has 2 heteroatoms. The Bertz CT molecular complexity index is 482. The summed E-state index contributed by atoms with van der Waals surface area (Å²) >= 11 is 0. The number of benzene rings is 1. The molecule has 0 amide bonds. The van der Waals surface area contributed by atoms with Crippen molar-refractivity contribution in [2.24, 2.45) is 0 Å². The number of aryl methyl sites for hydroxylation is 2. The second-order valence-corrected chi connectivity index (χ2v) is 3.49. The first kappa shape index (κ1) is 9.00. The largest absolute Gasteiger partial charge is 0.358 e. The van der Waals surface area contributed by atoms with E-state index in [1.807, 2.05) is 32.0 Å². The van der Waals surface area contributed by atoms with Crippen LogP contribution >= 0.6 is 0 Å². The molecule has 0 saturated carbocycles. The number of H-pyrrole nitrogens is 1. The minimum atomic E-state index is 0.811. The number of fused-ring (bicyclic) bond motifs is 1. The molecule has 0 spiro atoms. The number of para-hydroxylation sites is 1. The van der Waals surface area contributed by atoms with Gasteiger partial charge in [-0.15, -0.1) is 0 Å². The van der Waals surface area contributed by atoms with Gasteiger partial charge < -0.3 is 4.98 Å². The Morgan fingerprint density at radius 2 is 2.21 bits per heavy atom. The van der Waals surface area contributed by atoms with E-state index in [2.05, 4.69) is 4.98 Å². The van der Waals surface area contributed by atoms with Crippen LogP contribution in [0.2, 0.25) is 0 Å². The van der Waals surface area contributed by atoms with Crippen LogP contribution in [0.5, 0.6) is 0 Å². The molecule has 0 aliphatic carbocycles. The van der Waals surface area contributed by atoms with E-state index in [-0.39, 0.29) is 0 Å². The van der Waals surface area contributed by atoms with Gasteiger partial charge >= 0.3 is 0 Å². The summed E-state index contributed by atoms with van der Waals surface area (Å²) in [5.41, 5.74) is 4.12. The molecule has 1 aromatic carbocycles. The molecule has 0 fully saturated rings. The maximum Gasteiger partial charge on any atom is 0.152 e. The Balaban J connectivity index is 2.86. The van der Waals surface area contributed by atoms with Crippen molar-refractivity contribution in [3.05, 3.63) is 35.0 Å². The average molecular weight is 187 g/mol. The molecule has 14 heavy (non-hydrogen) atoms. The first-order chi connectivity index (χ1) is 6.77. The third kappa shape index (κ3) is 1.15. The molecule has 1 heterocycles. The van der Waals surface area contributed by atoms with Crippen molar-refractivity contribution in [1.29, 1.82) is 0 Å². The summed E-state index contributed by atoms with van der Waals surface area (Å²) in [6.45, 7) is 4.10. The maximum absolute atomic E-state index is 11.0. The second kappa shape index (κ2) is 3.29. The van der Waals surface area contributed by atoms with Crippen LogP contribution in [-0.4, -0.2) is 11.3 Å². The molecule has 0 aliphatic heterocycles. The van der Waals surface area contributed by atoms with E-state index in [0.29, 0.717) is 0 Å². The van der Waals surface area contributed by atoms with Crippen LogP contribution in [-0.2, 0) is 6.42 Å². The lowest BCUT2D eigenvalue weighted by Crippen LogP contribution is -1.85. The zero-order valence-electron chi connectivity index (χ0n) is 8.42. The molecule has 0 saturated heterocycles. The van der Waals surface area contributed by atoms with Crippen molar-refractivity contribution >= 4 is 17.2 Å². The van der Waals surface area contributed by atoms with E-state index in [1.165, 1.54) is 5.56 Å². The van der Waals surface area contributed by atoms with Crippen LogP contribution in [0.4, 0.5) is 0 Å². The lowest BCUT2D eigenvalue weighted by atomic mass is 10.1. The average Bonchev–Trinajstić information content (AvgIpc) is 2.57. The van der Waals surface area contributed by atoms with Crippen molar-refractivity contribution in [3.63, 3.8) is 0 Å². The van der Waals surface area contributed by atoms with E-state index < -0.39 is 0 Å². The fourth-order valence-corrected chi connectivity index (χ4v) is 1.85. The van der Waals surface area contributed by atoms with Gasteiger partial charge in [0.15, 0.2) is 6.29 Å². The zero-order chi connectivity index (χ0) is 10.1. The first-order valence-electron chi connectivity index (χ1n) is 4.83. The Labute approximate surface area is 82.9 Å². The fraction of sp³-hybridized carbons (Fsp3) is 0.250. The van der Waals surface area contributed by atoms with Crippen LogP contribution < -0.4 is 0 Å². The molecule has 1 aromatic heterocycles. The van der Waals surface area contributed by atoms with Crippen LogP contribution in [0, 0.1) is 6.92 Å². The monoisotopic (exact) mass is 187 g/mol. The van der Waals surface area contributed by atoms with Gasteiger partial charge in [-0.1, -0.05) is 25.1 Å². The molecule has 2 rings (SSSR count). The minimum Gasteiger partial charge on any atom is -0.358 e. The van der Waals surface area contributed by atoms with Crippen molar-refractivity contribution in [2.45, 2.75) is 20.3 Å². The summed E-state index contributed by atoms with van der Waals surface area (Å²) in [6.07, 6.45) is 1.80. The molecule has 2 nitrogen and oxygen atoms in total. The highest BCUT2D eigenvalue weighted by Crippen LogP contribution is 2.23. The third-order valence-electron chi connectivity index (χ3n) is 2.64. The molecule has 72 valence electrons. The number of hydrogen-bond donors (Lipinski definition) is 1. The number of carbonyl (C=O) groups excluding carboxylic acids is 1. The van der Waals surface area contributed by atoms with Crippen LogP contribution in [0.3, 0.4) is 0 Å². The molecular formula is C12H13NO. The quantitative estimate of drug-likeness (QED) is 0.720. The van der Waals surface area contributed by atoms with E-state index in [9.17, 15) is 4.79 Å². The van der Waals surface area contributed by atoms with Gasteiger partial charge in [0.2, 0.25) is 0 Å². The van der Waals surface area contributed by atoms with Gasteiger partial charge in [0.05, 0.1) is 0 Å². The summed E-state index contributed by atoms with van der Waals surface area (Å²) < 4.78 is 0. The minimum absolute atomic E-state index is 0.811. The highest BCUT2D eigenvalue weighted by molar-refractivity contribution is 6.00. The van der Waals surface area contributed by atoms with E-state index >= 15 is 0 Å². The van der Waals surface area contributed by atoms with Gasteiger partial charge in [0.1, 0.15) is 0 Å². The third-order valence-corrected chi connectivity index (χ3v) is 2.64. The normalized spacial score (nSPS) is 10.7. The number of nitrogens with one attached hydrogen (secondary N) is 1. The van der Waals surface area contributed by atoms with Crippen molar-refractivity contribution in [2.75, 3.05) is 0 Å². The smallest absolute Gasteiger partial charge is 0.152 e. The number of aldehydes is 1. The highest BCUT2D eigenvalue weighted by Gasteiger charge is 2.09. The summed E-state index contributed by atoms with van der Waals surface area (Å²) in [4.78, 5) is 14.3. The van der Waals surface area contributed by atoms with Crippen LogP contribution in [0.1, 0.15) is 28.5 Å². The Kier molecular flexibility index (Phi) is 2.12. The lowest BCUT2D eigenvalue weighted by molar-refractivity contribution is 0.112. The van der Waals surface area contributed by atoms with Gasteiger partial charge in [-0.05, 0) is 18.9 Å². The van der Waals surface area contributed by atoms with Crippen molar-refractivity contribution < 1.29 is 4.79 Å². The predicted molar refractivity (Wildman–Crippen MR) is 57.8 cm³/mol. The molecule has 0 bridgehead atoms. The molecular weight excluding hydrogens is 174 g/mol. The maximum atomic E-state index is 11.0. The number of aromatic amines is 1. The number of aromatic nitrogens is 1. The zero-order valence-corrected chi connectivity index (χ0v) is 8.42. The van der Waals surface area contributed by atoms with Gasteiger partial charge in [-0.2, -0.15) is 0 Å². The summed E-state index contributed by atoms with van der Waals surface area (Å²) in [7, 11) is 0. The Morgan fingerprint density at radius 3 is 2.86 bits per heavy atom. The molecule has 0 radical (unpaired) electrons. The van der Waals surface area contributed by atoms with Crippen molar-refractivity contribution in [3.8, 4) is 0 Å². The Morgan fingerprint density at radius 1 is 1.43 bits per heavy atom. The number of rotatable bonds is 2. The van der Waals surface area contributed by atoms with Gasteiger partial charge in [-0.25, -0.2) is 0 Å². The lowest BCUT2D eigenvalue weighted by Gasteiger charge is -1.93. The summed E-state index contributed by atoms with van der Waals surface area (Å²) in [5.74, 6) is 0. The van der Waals surface area contributed by atoms with Crippen LogP contribution in [0.15, 0.2) is 18.2 Å². The Hall–Kier alpha value is -1.57. The van der Waals surface area contributed by atoms with E-state index in [4.69, 9.17) is 0 Å². The van der Waals surface area contributed by atoms with Gasteiger partial charge in [-0.3, -0.25) is 4.79 Å². The van der Waals surface area contributed by atoms with E-state index in [1.54, 1.807) is 0 Å². The van der Waals surface area contributed by atoms with Gasteiger partial charge in [0, 0.05) is 22.2 Å². The molecule has 0 unspecified atom stereocenters. The predicted octanol–water partition coefficient (Wildman–Crippen LogP) is 2.85. The molecule has 0 atom stereocenters. The standard InChI is InChI=1S/C12H13NO/c1-3-11-10(7-14)9-6-4-5-8(2)12(9)13-11/h4-7,13H,3H2,1-2H3. The highest BCUT2D eigenvalue weighted by atomic mass is 16.1. The molecule has 1 N–H and O–H groups in total. The second-order valence-electron chi connectivity index (χ2n) is 3.49. The topological polar surface area (TPSA) is 32.9 Å². The summed E-state index contributed by atoms with van der Waals surface area (Å²) in [5, 5.41) is 1.04. The van der Waals surface area contributed by atoms with Gasteiger partial charge in [0.25, 0.3) is 0 Å². The first-order valence-corrected chi connectivity index (χ1v) is 4.83. The molecule has 2 aromatic rings. The number of carbonyl (C=O) groups is 1. The summed E-state index contributed by atoms with van der Waals surface area (Å²) in [6, 6.07) is 6.02. The SMILES string of the molecule is CCc1[nH]c2c(C)cccc2c1C=O. The fourth-order valence-electron chi connectivity index (χ4n) is 1.85. The number of hydrogen-bond acceptors (Lipinski definition) is 1. The van der Waals surface area contributed by atoms with Crippen molar-refractivity contribution in [1.82, 2.24) is 4.98 Å². The molecule has 0 aliphatic rings. The van der Waals surface area contributed by atoms with Crippen LogP contribution in [0.25, 0.3) is 10.9 Å².